The number of hydrogen-bond acceptors (Lipinski definition) is 3. The fourth-order valence-electron chi connectivity index (χ4n) is 6.03. The van der Waals surface area contributed by atoms with E-state index in [1.807, 2.05) is 36.7 Å². The Hall–Kier alpha value is -6.45. The van der Waals surface area contributed by atoms with Crippen LogP contribution < -0.4 is 0 Å². The molecule has 0 saturated heterocycles. The van der Waals surface area contributed by atoms with Crippen molar-refractivity contribution in [1.82, 2.24) is 15.0 Å². The third-order valence-electron chi connectivity index (χ3n) is 8.56. The lowest BCUT2D eigenvalue weighted by Gasteiger charge is -2.14. The van der Waals surface area contributed by atoms with Crippen LogP contribution in [0.2, 0.25) is 0 Å². The van der Waals surface area contributed by atoms with Gasteiger partial charge in [-0.3, -0.25) is 9.97 Å². The summed E-state index contributed by atoms with van der Waals surface area (Å²) in [6.45, 7) is 0. The third-order valence-corrected chi connectivity index (χ3v) is 8.56. The zero-order valence-corrected chi connectivity index (χ0v) is 26.2. The predicted molar refractivity (Wildman–Crippen MR) is 198 cm³/mol. The standard InChI is InChI=1S/C45H31N3/c1-5-13-32(14-6-1)36-21-23-42(46-30-36)40-25-38(26-41(27-40)43-24-22-37(31-47-43)33-15-7-2-8-16-33)39-28-44(34-17-9-3-10-18-34)48-45(29-39)35-19-11-4-12-20-35/h1-31H. The van der Waals surface area contributed by atoms with Gasteiger partial charge < -0.3 is 0 Å². The highest BCUT2D eigenvalue weighted by Crippen LogP contribution is 2.36. The Morgan fingerprint density at radius 1 is 0.229 bits per heavy atom. The largest absolute Gasteiger partial charge is 0.256 e. The van der Waals surface area contributed by atoms with Crippen molar-refractivity contribution in [3.63, 3.8) is 0 Å². The molecule has 0 atom stereocenters. The molecule has 3 nitrogen and oxygen atoms in total. The molecule has 0 aliphatic rings. The summed E-state index contributed by atoms with van der Waals surface area (Å²) in [5.41, 5.74) is 14.5. The normalized spacial score (nSPS) is 10.9. The van der Waals surface area contributed by atoms with Crippen LogP contribution in [0.15, 0.2) is 188 Å². The molecular formula is C45H31N3. The molecule has 0 fully saturated rings. The van der Waals surface area contributed by atoms with Crippen molar-refractivity contribution >= 4 is 0 Å². The summed E-state index contributed by atoms with van der Waals surface area (Å²) in [4.78, 5) is 15.0. The van der Waals surface area contributed by atoms with Crippen LogP contribution in [0.3, 0.4) is 0 Å². The molecule has 48 heavy (non-hydrogen) atoms. The molecule has 226 valence electrons. The van der Waals surface area contributed by atoms with Gasteiger partial charge in [0.15, 0.2) is 0 Å². The molecule has 0 unspecified atom stereocenters. The molecule has 8 aromatic rings. The van der Waals surface area contributed by atoms with Crippen molar-refractivity contribution in [2.75, 3.05) is 0 Å². The van der Waals surface area contributed by atoms with E-state index in [9.17, 15) is 0 Å². The van der Waals surface area contributed by atoms with E-state index in [0.29, 0.717) is 0 Å². The molecular weight excluding hydrogens is 583 g/mol. The Labute approximate surface area is 280 Å². The molecule has 0 aliphatic carbocycles. The number of benzene rings is 5. The van der Waals surface area contributed by atoms with Crippen LogP contribution in [0.25, 0.3) is 78.4 Å². The zero-order valence-electron chi connectivity index (χ0n) is 26.2. The molecule has 3 heteroatoms. The second kappa shape index (κ2) is 13.1. The minimum atomic E-state index is 0.902. The summed E-state index contributed by atoms with van der Waals surface area (Å²) >= 11 is 0. The maximum absolute atomic E-state index is 5.11. The van der Waals surface area contributed by atoms with Crippen LogP contribution in [0.1, 0.15) is 0 Å². The van der Waals surface area contributed by atoms with Gasteiger partial charge in [-0.1, -0.05) is 133 Å². The van der Waals surface area contributed by atoms with Crippen molar-refractivity contribution in [1.29, 1.82) is 0 Å². The van der Waals surface area contributed by atoms with Gasteiger partial charge in [0.2, 0.25) is 0 Å². The van der Waals surface area contributed by atoms with Gasteiger partial charge in [-0.2, -0.15) is 0 Å². The smallest absolute Gasteiger partial charge is 0.0715 e. The van der Waals surface area contributed by atoms with E-state index >= 15 is 0 Å². The van der Waals surface area contributed by atoms with E-state index < -0.39 is 0 Å². The SMILES string of the molecule is c1ccc(-c2ccc(-c3cc(-c4cc(-c5ccccc5)nc(-c5ccccc5)c4)cc(-c4ccc(-c5ccccc5)cn4)c3)nc2)cc1. The summed E-state index contributed by atoms with van der Waals surface area (Å²) in [5.74, 6) is 0. The molecule has 8 rings (SSSR count). The van der Waals surface area contributed by atoms with Crippen molar-refractivity contribution in [3.8, 4) is 78.4 Å². The average Bonchev–Trinajstić information content (AvgIpc) is 3.19. The summed E-state index contributed by atoms with van der Waals surface area (Å²) in [6, 6.07) is 61.0. The average molecular weight is 614 g/mol. The Bertz CT molecular complexity index is 2120. The zero-order chi connectivity index (χ0) is 32.1. The number of nitrogens with zero attached hydrogens (tertiary/aromatic N) is 3. The molecule has 0 amide bonds. The van der Waals surface area contributed by atoms with Gasteiger partial charge >= 0.3 is 0 Å². The van der Waals surface area contributed by atoms with Crippen LogP contribution in [0.4, 0.5) is 0 Å². The summed E-state index contributed by atoms with van der Waals surface area (Å²) in [6.07, 6.45) is 3.91. The molecule has 3 heterocycles. The lowest BCUT2D eigenvalue weighted by molar-refractivity contribution is 1.30. The Morgan fingerprint density at radius 3 is 0.958 bits per heavy atom. The minimum Gasteiger partial charge on any atom is -0.256 e. The molecule has 0 radical (unpaired) electrons. The Morgan fingerprint density at radius 2 is 0.583 bits per heavy atom. The second-order valence-corrected chi connectivity index (χ2v) is 11.8. The van der Waals surface area contributed by atoms with Gasteiger partial charge in [0, 0.05) is 45.8 Å². The minimum absolute atomic E-state index is 0.902. The first kappa shape index (κ1) is 29.0. The van der Waals surface area contributed by atoms with Crippen LogP contribution in [0.5, 0.6) is 0 Å². The molecule has 0 saturated carbocycles. The summed E-state index contributed by atoms with van der Waals surface area (Å²) < 4.78 is 0. The van der Waals surface area contributed by atoms with Gasteiger partial charge in [-0.15, -0.1) is 0 Å². The molecule has 0 spiro atoms. The lowest BCUT2D eigenvalue weighted by Crippen LogP contribution is -1.93. The van der Waals surface area contributed by atoms with Crippen LogP contribution in [0, 0.1) is 0 Å². The van der Waals surface area contributed by atoms with Crippen molar-refractivity contribution < 1.29 is 0 Å². The molecule has 0 N–H and O–H groups in total. The van der Waals surface area contributed by atoms with E-state index in [2.05, 4.69) is 152 Å². The first-order valence-electron chi connectivity index (χ1n) is 16.1. The van der Waals surface area contributed by atoms with Gasteiger partial charge in [0.05, 0.1) is 22.8 Å². The fraction of sp³-hybridized carbons (Fsp3) is 0. The van der Waals surface area contributed by atoms with Gasteiger partial charge in [0.1, 0.15) is 0 Å². The van der Waals surface area contributed by atoms with Crippen molar-refractivity contribution in [2.45, 2.75) is 0 Å². The first-order valence-corrected chi connectivity index (χ1v) is 16.1. The number of hydrogen-bond donors (Lipinski definition) is 0. The summed E-state index contributed by atoms with van der Waals surface area (Å²) in [7, 11) is 0. The summed E-state index contributed by atoms with van der Waals surface area (Å²) in [5, 5.41) is 0. The van der Waals surface area contributed by atoms with Crippen molar-refractivity contribution in [3.05, 3.63) is 188 Å². The number of aromatic nitrogens is 3. The molecule has 5 aromatic carbocycles. The highest BCUT2D eigenvalue weighted by Gasteiger charge is 2.14. The maximum atomic E-state index is 5.11. The van der Waals surface area contributed by atoms with Crippen LogP contribution >= 0.6 is 0 Å². The van der Waals surface area contributed by atoms with E-state index in [4.69, 9.17) is 15.0 Å². The third kappa shape index (κ3) is 6.18. The lowest BCUT2D eigenvalue weighted by atomic mass is 9.94. The topological polar surface area (TPSA) is 38.7 Å². The van der Waals surface area contributed by atoms with Gasteiger partial charge in [0.25, 0.3) is 0 Å². The highest BCUT2D eigenvalue weighted by molar-refractivity contribution is 5.83. The monoisotopic (exact) mass is 613 g/mol. The van der Waals surface area contributed by atoms with Gasteiger partial charge in [-0.05, 0) is 64.7 Å². The van der Waals surface area contributed by atoms with Gasteiger partial charge in [-0.25, -0.2) is 4.98 Å². The molecule has 0 bridgehead atoms. The van der Waals surface area contributed by atoms with E-state index in [-0.39, 0.29) is 0 Å². The van der Waals surface area contributed by atoms with Crippen molar-refractivity contribution in [2.24, 2.45) is 0 Å². The number of rotatable bonds is 7. The first-order chi connectivity index (χ1) is 23.8. The Kier molecular flexibility index (Phi) is 7.92. The molecule has 0 aliphatic heterocycles. The van der Waals surface area contributed by atoms with E-state index in [1.165, 1.54) is 0 Å². The fourth-order valence-corrected chi connectivity index (χ4v) is 6.03. The quantitative estimate of drug-likeness (QED) is 0.179. The predicted octanol–water partition coefficient (Wildman–Crippen LogP) is 11.5. The second-order valence-electron chi connectivity index (χ2n) is 11.8. The Balaban J connectivity index is 1.28. The van der Waals surface area contributed by atoms with Crippen LogP contribution in [-0.4, -0.2) is 15.0 Å². The maximum Gasteiger partial charge on any atom is 0.0715 e. The molecule has 3 aromatic heterocycles. The van der Waals surface area contributed by atoms with E-state index in [0.717, 1.165) is 78.4 Å². The number of pyridine rings is 3. The van der Waals surface area contributed by atoms with E-state index in [1.54, 1.807) is 0 Å². The highest BCUT2D eigenvalue weighted by atomic mass is 14.7. The van der Waals surface area contributed by atoms with Crippen LogP contribution in [-0.2, 0) is 0 Å².